The van der Waals surface area contributed by atoms with Crippen molar-refractivity contribution in [2.75, 3.05) is 0 Å². The Labute approximate surface area is 67.1 Å². The van der Waals surface area contributed by atoms with Crippen LogP contribution in [0.5, 0.6) is 5.75 Å². The number of aromatic carboxylic acids is 1. The van der Waals surface area contributed by atoms with Crippen LogP contribution in [0.1, 0.15) is 10.4 Å². The summed E-state index contributed by atoms with van der Waals surface area (Å²) < 4.78 is 0. The summed E-state index contributed by atoms with van der Waals surface area (Å²) in [5.74, 6) is -1.61. The number of carboxylic acids is 1. The zero-order valence-corrected chi connectivity index (χ0v) is 6.04. The molecule has 0 atom stereocenters. The Hall–Kier alpha value is -1.29. The van der Waals surface area contributed by atoms with Crippen LogP contribution in [-0.2, 0) is 0 Å². The summed E-state index contributed by atoms with van der Waals surface area (Å²) >= 11 is 5.36. The van der Waals surface area contributed by atoms with Crippen LogP contribution in [-0.4, -0.2) is 21.2 Å². The Balaban J connectivity index is 3.20. The van der Waals surface area contributed by atoms with Gasteiger partial charge in [0.1, 0.15) is 16.5 Å². The van der Waals surface area contributed by atoms with Gasteiger partial charge in [-0.1, -0.05) is 11.6 Å². The molecule has 1 aromatic heterocycles. The van der Waals surface area contributed by atoms with Crippen LogP contribution in [0.2, 0.25) is 5.15 Å². The van der Waals surface area contributed by atoms with E-state index >= 15 is 0 Å². The molecule has 11 heavy (non-hydrogen) atoms. The highest BCUT2D eigenvalue weighted by Crippen LogP contribution is 2.18. The van der Waals surface area contributed by atoms with Crippen molar-refractivity contribution >= 4 is 17.6 Å². The predicted molar refractivity (Wildman–Crippen MR) is 37.9 cm³/mol. The molecular weight excluding hydrogens is 170 g/mol. The zero-order chi connectivity index (χ0) is 8.43. The fourth-order valence-corrected chi connectivity index (χ4v) is 0.737. The number of nitrogens with zero attached hydrogens (tertiary/aromatic N) is 1. The molecule has 0 aliphatic heterocycles. The maximum atomic E-state index is 10.3. The average molecular weight is 174 g/mol. The molecule has 0 radical (unpaired) electrons. The molecule has 0 spiro atoms. The van der Waals surface area contributed by atoms with Gasteiger partial charge >= 0.3 is 5.97 Å². The molecule has 0 bridgehead atoms. The number of carboxylic acid groups (broad SMARTS) is 1. The van der Waals surface area contributed by atoms with E-state index in [4.69, 9.17) is 21.8 Å². The van der Waals surface area contributed by atoms with Gasteiger partial charge in [-0.3, -0.25) is 0 Å². The largest absolute Gasteiger partial charge is 0.507 e. The van der Waals surface area contributed by atoms with Crippen LogP contribution in [0.15, 0.2) is 12.3 Å². The molecule has 0 fully saturated rings. The lowest BCUT2D eigenvalue weighted by atomic mass is 10.3. The summed E-state index contributed by atoms with van der Waals surface area (Å²) in [6, 6.07) is 1.07. The molecule has 0 amide bonds. The summed E-state index contributed by atoms with van der Waals surface area (Å²) in [7, 11) is 0. The molecule has 0 saturated heterocycles. The third kappa shape index (κ3) is 1.59. The Morgan fingerprint density at radius 2 is 2.27 bits per heavy atom. The van der Waals surface area contributed by atoms with E-state index < -0.39 is 5.97 Å². The van der Waals surface area contributed by atoms with Crippen LogP contribution in [0, 0.1) is 0 Å². The smallest absolute Gasteiger partial charge is 0.341 e. The van der Waals surface area contributed by atoms with Gasteiger partial charge in [0.15, 0.2) is 0 Å². The van der Waals surface area contributed by atoms with Crippen molar-refractivity contribution in [1.82, 2.24) is 4.98 Å². The number of aromatic nitrogens is 1. The second-order valence-electron chi connectivity index (χ2n) is 1.83. The molecule has 2 N–H and O–H groups in total. The SMILES string of the molecule is O=C(O)c1cnc(Cl)cc1O. The molecular formula is C6H4ClNO3. The number of rotatable bonds is 1. The molecule has 0 saturated carbocycles. The molecule has 0 unspecified atom stereocenters. The number of carbonyl (C=O) groups is 1. The van der Waals surface area contributed by atoms with Crippen molar-refractivity contribution in [1.29, 1.82) is 0 Å². The van der Waals surface area contributed by atoms with Crippen molar-refractivity contribution in [3.05, 3.63) is 23.0 Å². The number of hydrogen-bond donors (Lipinski definition) is 2. The zero-order valence-electron chi connectivity index (χ0n) is 5.28. The van der Waals surface area contributed by atoms with Gasteiger partial charge in [0.2, 0.25) is 0 Å². The minimum absolute atomic E-state index is 0.0625. The van der Waals surface area contributed by atoms with Gasteiger partial charge in [-0.15, -0.1) is 0 Å². The van der Waals surface area contributed by atoms with Gasteiger partial charge < -0.3 is 10.2 Å². The predicted octanol–water partition coefficient (Wildman–Crippen LogP) is 1.14. The lowest BCUT2D eigenvalue weighted by Crippen LogP contribution is -1.97. The number of halogens is 1. The fraction of sp³-hybridized carbons (Fsp3) is 0. The van der Waals surface area contributed by atoms with E-state index in [9.17, 15) is 4.79 Å². The van der Waals surface area contributed by atoms with E-state index in [1.807, 2.05) is 0 Å². The normalized spacial score (nSPS) is 9.55. The fourth-order valence-electron chi connectivity index (χ4n) is 0.585. The summed E-state index contributed by atoms with van der Waals surface area (Å²) in [6.07, 6.45) is 1.000. The first-order chi connectivity index (χ1) is 5.11. The monoisotopic (exact) mass is 173 g/mol. The van der Waals surface area contributed by atoms with E-state index in [1.165, 1.54) is 0 Å². The van der Waals surface area contributed by atoms with Crippen LogP contribution in [0.25, 0.3) is 0 Å². The molecule has 1 heterocycles. The Kier molecular flexibility index (Phi) is 1.96. The molecule has 4 nitrogen and oxygen atoms in total. The standard InChI is InChI=1S/C6H4ClNO3/c7-5-1-4(9)3(2-8-5)6(10)11/h1-2H,(H,8,9)(H,10,11). The van der Waals surface area contributed by atoms with Crippen LogP contribution in [0.4, 0.5) is 0 Å². The lowest BCUT2D eigenvalue weighted by Gasteiger charge is -1.96. The van der Waals surface area contributed by atoms with Crippen molar-refractivity contribution in [3.8, 4) is 5.75 Å². The highest BCUT2D eigenvalue weighted by atomic mass is 35.5. The minimum Gasteiger partial charge on any atom is -0.507 e. The second kappa shape index (κ2) is 2.75. The van der Waals surface area contributed by atoms with E-state index in [-0.39, 0.29) is 16.5 Å². The molecule has 1 aromatic rings. The van der Waals surface area contributed by atoms with Crippen LogP contribution >= 0.6 is 11.6 Å². The maximum Gasteiger partial charge on any atom is 0.341 e. The summed E-state index contributed by atoms with van der Waals surface area (Å²) in [6.45, 7) is 0. The molecule has 0 aromatic carbocycles. The molecule has 5 heteroatoms. The summed E-state index contributed by atoms with van der Waals surface area (Å²) in [5, 5.41) is 17.4. The van der Waals surface area contributed by atoms with Gasteiger partial charge in [-0.25, -0.2) is 9.78 Å². The van der Waals surface area contributed by atoms with Crippen LogP contribution < -0.4 is 0 Å². The maximum absolute atomic E-state index is 10.3. The van der Waals surface area contributed by atoms with E-state index in [1.54, 1.807) is 0 Å². The average Bonchev–Trinajstić information content (AvgIpc) is 1.85. The minimum atomic E-state index is -1.23. The molecule has 58 valence electrons. The highest BCUT2D eigenvalue weighted by molar-refractivity contribution is 6.29. The Bertz CT molecular complexity index is 300. The number of pyridine rings is 1. The first kappa shape index (κ1) is 7.81. The van der Waals surface area contributed by atoms with E-state index in [2.05, 4.69) is 4.98 Å². The second-order valence-corrected chi connectivity index (χ2v) is 2.22. The van der Waals surface area contributed by atoms with Crippen molar-refractivity contribution in [3.63, 3.8) is 0 Å². The third-order valence-electron chi connectivity index (χ3n) is 1.08. The molecule has 0 aliphatic rings. The third-order valence-corrected chi connectivity index (χ3v) is 1.29. The number of aromatic hydroxyl groups is 1. The van der Waals surface area contributed by atoms with Gasteiger partial charge in [0, 0.05) is 12.3 Å². The van der Waals surface area contributed by atoms with Gasteiger partial charge in [-0.2, -0.15) is 0 Å². The quantitative estimate of drug-likeness (QED) is 0.625. The summed E-state index contributed by atoms with van der Waals surface area (Å²) in [4.78, 5) is 13.8. The number of hydrogen-bond acceptors (Lipinski definition) is 3. The first-order valence-electron chi connectivity index (χ1n) is 2.69. The topological polar surface area (TPSA) is 70.4 Å². The Morgan fingerprint density at radius 3 is 2.73 bits per heavy atom. The van der Waals surface area contributed by atoms with Crippen LogP contribution in [0.3, 0.4) is 0 Å². The molecule has 0 aliphatic carbocycles. The highest BCUT2D eigenvalue weighted by Gasteiger charge is 2.09. The lowest BCUT2D eigenvalue weighted by molar-refractivity contribution is 0.0693. The van der Waals surface area contributed by atoms with Gasteiger partial charge in [-0.05, 0) is 0 Å². The van der Waals surface area contributed by atoms with Gasteiger partial charge in [0.05, 0.1) is 0 Å². The van der Waals surface area contributed by atoms with Crippen molar-refractivity contribution in [2.24, 2.45) is 0 Å². The molecule has 1 rings (SSSR count). The van der Waals surface area contributed by atoms with Gasteiger partial charge in [0.25, 0.3) is 0 Å². The van der Waals surface area contributed by atoms with E-state index in [0.717, 1.165) is 12.3 Å². The van der Waals surface area contributed by atoms with Crippen molar-refractivity contribution < 1.29 is 15.0 Å². The van der Waals surface area contributed by atoms with Crippen molar-refractivity contribution in [2.45, 2.75) is 0 Å². The first-order valence-corrected chi connectivity index (χ1v) is 3.07. The van der Waals surface area contributed by atoms with E-state index in [0.29, 0.717) is 0 Å². The summed E-state index contributed by atoms with van der Waals surface area (Å²) in [5.41, 5.74) is -0.255. The Morgan fingerprint density at radius 1 is 1.64 bits per heavy atom.